The van der Waals surface area contributed by atoms with Gasteiger partial charge in [-0.25, -0.2) is 0 Å². The van der Waals surface area contributed by atoms with E-state index in [4.69, 9.17) is 32.7 Å². The van der Waals surface area contributed by atoms with Crippen molar-refractivity contribution in [2.75, 3.05) is 0 Å². The Balaban J connectivity index is 1.53. The van der Waals surface area contributed by atoms with Crippen molar-refractivity contribution in [3.63, 3.8) is 0 Å². The molecule has 3 aromatic rings. The third-order valence-corrected chi connectivity index (χ3v) is 5.49. The largest absolute Gasteiger partial charge is 0.489 e. The fraction of sp³-hybridized carbons (Fsp3) is 0.0455. The Hall–Kier alpha value is -2.27. The van der Waals surface area contributed by atoms with Crippen LogP contribution in [0.3, 0.4) is 0 Å². The van der Waals surface area contributed by atoms with E-state index in [1.54, 1.807) is 42.5 Å². The molecule has 0 saturated heterocycles. The number of carbonyl (C=O) groups is 1. The Labute approximate surface area is 180 Å². The molecule has 1 aliphatic heterocycles. The minimum Gasteiger partial charge on any atom is -0.489 e. The molecule has 1 aliphatic rings. The summed E-state index contributed by atoms with van der Waals surface area (Å²) in [6.45, 7) is 0.215. The molecule has 0 aliphatic carbocycles. The van der Waals surface area contributed by atoms with Crippen LogP contribution in [-0.2, 0) is 6.61 Å². The number of allylic oxidation sites excluding steroid dienone is 1. The average molecular weight is 476 g/mol. The molecule has 0 radical (unpaired) electrons. The molecule has 3 aromatic carbocycles. The number of hydrogen-bond donors (Lipinski definition) is 0. The summed E-state index contributed by atoms with van der Waals surface area (Å²) in [7, 11) is 0. The number of fused-ring (bicyclic) bond motifs is 1. The number of hydrogen-bond acceptors (Lipinski definition) is 3. The van der Waals surface area contributed by atoms with E-state index in [-0.39, 0.29) is 18.1 Å². The summed E-state index contributed by atoms with van der Waals surface area (Å²) in [6.07, 6.45) is 1.72. The summed E-state index contributed by atoms with van der Waals surface area (Å²) in [5, 5.41) is 1.08. The van der Waals surface area contributed by atoms with Crippen molar-refractivity contribution in [1.82, 2.24) is 0 Å². The van der Waals surface area contributed by atoms with E-state index >= 15 is 0 Å². The molecule has 0 atom stereocenters. The van der Waals surface area contributed by atoms with E-state index in [9.17, 15) is 4.79 Å². The van der Waals surface area contributed by atoms with Crippen molar-refractivity contribution >= 4 is 51.0 Å². The van der Waals surface area contributed by atoms with Crippen molar-refractivity contribution in [2.24, 2.45) is 0 Å². The van der Waals surface area contributed by atoms with Crippen LogP contribution in [0.1, 0.15) is 21.5 Å². The quantitative estimate of drug-likeness (QED) is 0.383. The number of halogens is 3. The maximum absolute atomic E-state index is 12.6. The summed E-state index contributed by atoms with van der Waals surface area (Å²) < 4.78 is 12.5. The molecule has 0 amide bonds. The van der Waals surface area contributed by atoms with Crippen molar-refractivity contribution in [2.45, 2.75) is 6.61 Å². The average Bonchev–Trinajstić information content (AvgIpc) is 2.98. The summed E-state index contributed by atoms with van der Waals surface area (Å²) in [5.74, 6) is 1.16. The van der Waals surface area contributed by atoms with Gasteiger partial charge in [-0.2, -0.15) is 0 Å². The lowest BCUT2D eigenvalue weighted by Gasteiger charge is -2.10. The first-order valence-corrected chi connectivity index (χ1v) is 9.96. The van der Waals surface area contributed by atoms with Gasteiger partial charge in [0.25, 0.3) is 0 Å². The second-order valence-corrected chi connectivity index (χ2v) is 7.87. The van der Waals surface area contributed by atoms with Crippen molar-refractivity contribution in [3.8, 4) is 11.5 Å². The molecule has 1 heterocycles. The monoisotopic (exact) mass is 474 g/mol. The number of carbonyl (C=O) groups excluding carboxylic acids is 1. The molecule has 0 unspecified atom stereocenters. The van der Waals surface area contributed by atoms with Gasteiger partial charge in [0.2, 0.25) is 5.78 Å². The van der Waals surface area contributed by atoms with E-state index in [1.165, 1.54) is 0 Å². The maximum Gasteiger partial charge on any atom is 0.231 e. The molecule has 6 heteroatoms. The van der Waals surface area contributed by atoms with Crippen molar-refractivity contribution < 1.29 is 14.3 Å². The Morgan fingerprint density at radius 1 is 1.00 bits per heavy atom. The zero-order valence-corrected chi connectivity index (χ0v) is 17.5. The van der Waals surface area contributed by atoms with E-state index in [2.05, 4.69) is 15.9 Å². The fourth-order valence-electron chi connectivity index (χ4n) is 2.79. The van der Waals surface area contributed by atoms with E-state index in [1.807, 2.05) is 24.3 Å². The molecule has 0 aromatic heterocycles. The highest BCUT2D eigenvalue weighted by Gasteiger charge is 2.27. The van der Waals surface area contributed by atoms with Crippen LogP contribution in [0.4, 0.5) is 0 Å². The van der Waals surface area contributed by atoms with Gasteiger partial charge >= 0.3 is 0 Å². The summed E-state index contributed by atoms with van der Waals surface area (Å²) >= 11 is 15.7. The Bertz CT molecular complexity index is 1070. The van der Waals surface area contributed by atoms with Gasteiger partial charge in [0, 0.05) is 26.1 Å². The van der Waals surface area contributed by atoms with Gasteiger partial charge in [0.15, 0.2) is 5.76 Å². The number of ketones is 1. The van der Waals surface area contributed by atoms with Crippen molar-refractivity contribution in [1.29, 1.82) is 0 Å². The van der Waals surface area contributed by atoms with Gasteiger partial charge in [-0.15, -0.1) is 0 Å². The van der Waals surface area contributed by atoms with Crippen LogP contribution in [0.2, 0.25) is 10.0 Å². The standard InChI is InChI=1S/C22H13BrCl2O3/c23-14-6-4-13(5-7-14)10-21-22(26)16-9-8-15(11-20(16)28-21)27-12-17-18(24)2-1-3-19(17)25/h1-11H,12H2. The predicted molar refractivity (Wildman–Crippen MR) is 114 cm³/mol. The molecule has 4 rings (SSSR count). The van der Waals surface area contributed by atoms with Crippen LogP contribution < -0.4 is 9.47 Å². The normalized spacial score (nSPS) is 14.1. The molecule has 0 spiro atoms. The highest BCUT2D eigenvalue weighted by atomic mass is 79.9. The smallest absolute Gasteiger partial charge is 0.231 e. The molecule has 0 N–H and O–H groups in total. The first-order chi connectivity index (χ1) is 13.5. The van der Waals surface area contributed by atoms with Crippen LogP contribution in [0.5, 0.6) is 11.5 Å². The summed E-state index contributed by atoms with van der Waals surface area (Å²) in [5.41, 5.74) is 2.09. The molecular formula is C22H13BrCl2O3. The molecule has 0 fully saturated rings. The maximum atomic E-state index is 12.6. The van der Waals surface area contributed by atoms with Gasteiger partial charge in [-0.05, 0) is 48.0 Å². The first-order valence-electron chi connectivity index (χ1n) is 8.41. The van der Waals surface area contributed by atoms with E-state index in [0.29, 0.717) is 32.7 Å². The lowest BCUT2D eigenvalue weighted by Crippen LogP contribution is -1.98. The van der Waals surface area contributed by atoms with Crippen LogP contribution in [0.25, 0.3) is 6.08 Å². The van der Waals surface area contributed by atoms with Crippen LogP contribution in [0.15, 0.2) is 70.9 Å². The SMILES string of the molecule is O=C1C(=Cc2ccc(Br)cc2)Oc2cc(OCc3c(Cl)cccc3Cl)ccc21. The molecule has 3 nitrogen and oxygen atoms in total. The van der Waals surface area contributed by atoms with E-state index in [0.717, 1.165) is 10.0 Å². The zero-order chi connectivity index (χ0) is 19.7. The van der Waals surface area contributed by atoms with Gasteiger partial charge in [-0.1, -0.05) is 57.3 Å². The minimum absolute atomic E-state index is 0.154. The molecular weight excluding hydrogens is 463 g/mol. The number of benzene rings is 3. The van der Waals surface area contributed by atoms with Crippen LogP contribution in [0, 0.1) is 0 Å². The molecule has 0 saturated carbocycles. The highest BCUT2D eigenvalue weighted by Crippen LogP contribution is 2.35. The minimum atomic E-state index is -0.154. The van der Waals surface area contributed by atoms with Gasteiger partial charge in [0.05, 0.1) is 5.56 Å². The second-order valence-electron chi connectivity index (χ2n) is 6.14. The van der Waals surface area contributed by atoms with Gasteiger partial charge in [0.1, 0.15) is 18.1 Å². The third-order valence-electron chi connectivity index (χ3n) is 4.25. The highest BCUT2D eigenvalue weighted by molar-refractivity contribution is 9.10. The third kappa shape index (κ3) is 3.95. The second kappa shape index (κ2) is 8.00. The zero-order valence-electron chi connectivity index (χ0n) is 14.4. The van der Waals surface area contributed by atoms with E-state index < -0.39 is 0 Å². The van der Waals surface area contributed by atoms with Crippen LogP contribution in [-0.4, -0.2) is 5.78 Å². The fourth-order valence-corrected chi connectivity index (χ4v) is 3.56. The Morgan fingerprint density at radius 3 is 2.43 bits per heavy atom. The van der Waals surface area contributed by atoms with Gasteiger partial charge in [-0.3, -0.25) is 4.79 Å². The molecule has 0 bridgehead atoms. The molecule has 140 valence electrons. The summed E-state index contributed by atoms with van der Waals surface area (Å²) in [4.78, 5) is 12.6. The Kier molecular flexibility index (Phi) is 5.44. The lowest BCUT2D eigenvalue weighted by atomic mass is 10.1. The number of rotatable bonds is 4. The number of Topliss-reactive ketones (excluding diaryl/α,β-unsaturated/α-hetero) is 1. The summed E-state index contributed by atoms with van der Waals surface area (Å²) in [6, 6.07) is 18.0. The van der Waals surface area contributed by atoms with Crippen molar-refractivity contribution in [3.05, 3.63) is 97.6 Å². The Morgan fingerprint density at radius 2 is 1.71 bits per heavy atom. The predicted octanol–water partition coefficient (Wildman–Crippen LogP) is 6.95. The molecule has 28 heavy (non-hydrogen) atoms. The topological polar surface area (TPSA) is 35.5 Å². The number of ether oxygens (including phenoxy) is 2. The van der Waals surface area contributed by atoms with Gasteiger partial charge < -0.3 is 9.47 Å². The van der Waals surface area contributed by atoms with Crippen LogP contribution >= 0.6 is 39.1 Å². The first kappa shape index (κ1) is 19.1. The lowest BCUT2D eigenvalue weighted by molar-refractivity contribution is 0.101.